The van der Waals surface area contributed by atoms with Crippen LogP contribution in [0.15, 0.2) is 59.8 Å². The number of amides is 7. The summed E-state index contributed by atoms with van der Waals surface area (Å²) in [6.45, 7) is 9.94. The lowest BCUT2D eigenvalue weighted by molar-refractivity contribution is -0.138. The van der Waals surface area contributed by atoms with Gasteiger partial charge in [-0.1, -0.05) is 12.1 Å². The maximum atomic E-state index is 16.1. The SMILES string of the molecule is C[C@@H]1CN(c2cc(F)c(-c3cnc(N4CCN(C(=O)CCC(=O)NCCOCCOCCOCCOCCOCCCc5cccc6c5C(=O)N(C5CCC(=O)NC5=O)C6=O)CC4)nc3)cc2NC(=O)c2c[nH]c(=O)cc2C(F)(F)F)C[C@H](C)N1C. The third kappa shape index (κ3) is 16.6. The first-order valence-corrected chi connectivity index (χ1v) is 28.5. The molecule has 28 heteroatoms. The van der Waals surface area contributed by atoms with Gasteiger partial charge in [0.1, 0.15) is 11.9 Å². The van der Waals surface area contributed by atoms with E-state index in [0.717, 1.165) is 4.90 Å². The number of hydrogen-bond donors (Lipinski definition) is 4. The van der Waals surface area contributed by atoms with Crippen molar-refractivity contribution in [3.63, 3.8) is 0 Å². The van der Waals surface area contributed by atoms with Crippen molar-refractivity contribution in [3.05, 3.63) is 99.0 Å². The number of likely N-dealkylation sites (N-methyl/N-ethyl adjacent to an activating group) is 1. The summed E-state index contributed by atoms with van der Waals surface area (Å²) in [5, 5.41) is 7.50. The number of ether oxygens (including phenoxy) is 5. The molecule has 4 aliphatic heterocycles. The van der Waals surface area contributed by atoms with Crippen LogP contribution in [0.3, 0.4) is 0 Å². The van der Waals surface area contributed by atoms with E-state index in [2.05, 4.69) is 35.8 Å². The largest absolute Gasteiger partial charge is 0.417 e. The second-order valence-electron chi connectivity index (χ2n) is 21.1. The van der Waals surface area contributed by atoms with Gasteiger partial charge in [-0.3, -0.25) is 53.5 Å². The molecular formula is C58H71F4N11O13. The van der Waals surface area contributed by atoms with Crippen LogP contribution >= 0.6 is 0 Å². The van der Waals surface area contributed by atoms with E-state index in [0.29, 0.717) is 135 Å². The topological polar surface area (TPSA) is 277 Å². The van der Waals surface area contributed by atoms with Crippen molar-refractivity contribution >= 4 is 58.7 Å². The van der Waals surface area contributed by atoms with Crippen LogP contribution < -0.4 is 31.3 Å². The van der Waals surface area contributed by atoms with Crippen LogP contribution in [-0.4, -0.2) is 208 Å². The number of piperidine rings is 1. The van der Waals surface area contributed by atoms with Gasteiger partial charge in [0.05, 0.1) is 93.1 Å². The molecule has 2 aromatic heterocycles. The second kappa shape index (κ2) is 30.0. The van der Waals surface area contributed by atoms with Crippen LogP contribution in [0.4, 0.5) is 34.9 Å². The molecule has 1 unspecified atom stereocenters. The minimum absolute atomic E-state index is 0.00486. The number of nitrogens with one attached hydrogen (secondary N) is 4. The molecule has 4 aliphatic rings. The van der Waals surface area contributed by atoms with Gasteiger partial charge in [0, 0.05) is 120 Å². The number of benzene rings is 2. The summed E-state index contributed by atoms with van der Waals surface area (Å²) in [4.78, 5) is 121. The fourth-order valence-corrected chi connectivity index (χ4v) is 10.5. The highest BCUT2D eigenvalue weighted by Gasteiger charge is 2.45. The van der Waals surface area contributed by atoms with Gasteiger partial charge in [-0.15, -0.1) is 0 Å². The van der Waals surface area contributed by atoms with E-state index in [-0.39, 0.29) is 96.4 Å². The van der Waals surface area contributed by atoms with Crippen molar-refractivity contribution in [2.45, 2.75) is 76.7 Å². The number of carbonyl (C=O) groups is 7. The highest BCUT2D eigenvalue weighted by molar-refractivity contribution is 6.24. The van der Waals surface area contributed by atoms with Gasteiger partial charge in [-0.2, -0.15) is 13.2 Å². The number of pyridine rings is 1. The molecule has 4 aromatic rings. The number of H-pyrrole nitrogens is 1. The summed E-state index contributed by atoms with van der Waals surface area (Å²) < 4.78 is 85.8. The van der Waals surface area contributed by atoms with E-state index in [9.17, 15) is 51.5 Å². The number of aromatic nitrogens is 3. The van der Waals surface area contributed by atoms with Gasteiger partial charge in [-0.25, -0.2) is 14.4 Å². The first-order chi connectivity index (χ1) is 41.3. The van der Waals surface area contributed by atoms with Gasteiger partial charge in [-0.05, 0) is 63.9 Å². The number of fused-ring (bicyclic) bond motifs is 1. The van der Waals surface area contributed by atoms with E-state index in [1.165, 1.54) is 24.5 Å². The molecule has 0 spiro atoms. The molecule has 3 fully saturated rings. The van der Waals surface area contributed by atoms with E-state index < -0.39 is 64.3 Å². The highest BCUT2D eigenvalue weighted by Crippen LogP contribution is 2.38. The number of nitrogens with zero attached hydrogens (tertiary/aromatic N) is 7. The molecule has 8 rings (SSSR count). The van der Waals surface area contributed by atoms with Crippen LogP contribution in [-0.2, 0) is 55.5 Å². The molecule has 0 bridgehead atoms. The number of aromatic amines is 1. The summed E-state index contributed by atoms with van der Waals surface area (Å²) in [6.07, 6.45) is -0.286. The van der Waals surface area contributed by atoms with E-state index in [1.54, 1.807) is 23.1 Å². The number of alkyl halides is 3. The predicted molar refractivity (Wildman–Crippen MR) is 303 cm³/mol. The lowest BCUT2D eigenvalue weighted by atomic mass is 9.99. The molecule has 3 saturated heterocycles. The lowest BCUT2D eigenvalue weighted by Crippen LogP contribution is -2.55. The zero-order valence-electron chi connectivity index (χ0n) is 48.1. The fraction of sp³-hybridized carbons (Fsp3) is 0.517. The van der Waals surface area contributed by atoms with Crippen LogP contribution in [0.25, 0.3) is 11.1 Å². The predicted octanol–water partition coefficient (Wildman–Crippen LogP) is 3.43. The first-order valence-electron chi connectivity index (χ1n) is 28.5. The second-order valence-corrected chi connectivity index (χ2v) is 21.1. The maximum Gasteiger partial charge on any atom is 0.417 e. The maximum absolute atomic E-state index is 16.1. The molecule has 6 heterocycles. The molecule has 86 heavy (non-hydrogen) atoms. The highest BCUT2D eigenvalue weighted by atomic mass is 19.4. The first kappa shape index (κ1) is 64.2. The van der Waals surface area contributed by atoms with Crippen LogP contribution in [0.2, 0.25) is 0 Å². The Hall–Kier alpha value is -7.76. The fourth-order valence-electron chi connectivity index (χ4n) is 10.5. The van der Waals surface area contributed by atoms with E-state index in [1.807, 2.05) is 30.7 Å². The van der Waals surface area contributed by atoms with Gasteiger partial charge in [0.2, 0.25) is 35.1 Å². The molecule has 0 aliphatic carbocycles. The van der Waals surface area contributed by atoms with Crippen molar-refractivity contribution in [1.29, 1.82) is 0 Å². The average molecular weight is 1210 g/mol. The zero-order chi connectivity index (χ0) is 61.5. The lowest BCUT2D eigenvalue weighted by Gasteiger charge is -2.44. The summed E-state index contributed by atoms with van der Waals surface area (Å²) in [7, 11) is 1.96. The quantitative estimate of drug-likeness (QED) is 0.0360. The number of aryl methyl sites for hydroxylation is 1. The number of imide groups is 2. The molecule has 7 amide bonds. The van der Waals surface area contributed by atoms with Crippen LogP contribution in [0.5, 0.6) is 0 Å². The van der Waals surface area contributed by atoms with Gasteiger partial charge in [0.15, 0.2) is 0 Å². The zero-order valence-corrected chi connectivity index (χ0v) is 48.1. The third-order valence-electron chi connectivity index (χ3n) is 15.3. The number of hydrogen-bond acceptors (Lipinski definition) is 18. The van der Waals surface area contributed by atoms with Crippen molar-refractivity contribution in [2.75, 3.05) is 134 Å². The Labute approximate surface area is 493 Å². The average Bonchev–Trinajstić information content (AvgIpc) is 1.92. The van der Waals surface area contributed by atoms with Gasteiger partial charge < -0.3 is 54.0 Å². The summed E-state index contributed by atoms with van der Waals surface area (Å²) in [5.41, 5.74) is -1.54. The van der Waals surface area contributed by atoms with E-state index in [4.69, 9.17) is 23.7 Å². The van der Waals surface area contributed by atoms with Gasteiger partial charge >= 0.3 is 6.18 Å². The molecule has 24 nitrogen and oxygen atoms in total. The molecule has 2 aromatic carbocycles. The molecule has 4 N–H and O–H groups in total. The van der Waals surface area contributed by atoms with Crippen LogP contribution in [0.1, 0.15) is 88.2 Å². The monoisotopic (exact) mass is 1210 g/mol. The molecule has 0 radical (unpaired) electrons. The van der Waals surface area contributed by atoms with E-state index >= 15 is 4.39 Å². The van der Waals surface area contributed by atoms with Crippen molar-refractivity contribution in [2.24, 2.45) is 0 Å². The Morgan fingerprint density at radius 1 is 0.756 bits per heavy atom. The Morgan fingerprint density at radius 2 is 1.38 bits per heavy atom. The van der Waals surface area contributed by atoms with Crippen LogP contribution in [0, 0.1) is 5.82 Å². The molecular weight excluding hydrogens is 1130 g/mol. The van der Waals surface area contributed by atoms with Crippen molar-refractivity contribution < 1.29 is 74.8 Å². The minimum Gasteiger partial charge on any atom is -0.379 e. The Morgan fingerprint density at radius 3 is 2.01 bits per heavy atom. The molecule has 0 saturated carbocycles. The summed E-state index contributed by atoms with van der Waals surface area (Å²) in [6, 6.07) is 6.93. The number of carbonyl (C=O) groups excluding carboxylic acids is 7. The molecule has 3 atom stereocenters. The third-order valence-corrected chi connectivity index (χ3v) is 15.3. The summed E-state index contributed by atoms with van der Waals surface area (Å²) >= 11 is 0. The summed E-state index contributed by atoms with van der Waals surface area (Å²) in [5.74, 6) is -4.15. The smallest absolute Gasteiger partial charge is 0.379 e. The number of halogens is 4. The van der Waals surface area contributed by atoms with Crippen molar-refractivity contribution in [3.8, 4) is 11.1 Å². The number of piperazine rings is 2. The molecule has 464 valence electrons. The van der Waals surface area contributed by atoms with Gasteiger partial charge in [0.25, 0.3) is 17.7 Å². The van der Waals surface area contributed by atoms with Crippen molar-refractivity contribution in [1.82, 2.24) is 40.3 Å². The Bertz CT molecular complexity index is 3130. The standard InChI is InChI=1S/C58H71F4N11O13/c1-36-34-72(35-37(2)69(36)3)47-30-44(59)41(28-45(47)67-53(78)42-33-64-50(76)29-43(42)58(60,61)62)39-31-65-57(66-32-39)71-16-14-70(15-17-71)51(77)12-11-48(74)63-13-19-83-21-23-85-25-27-86-26-24-84-22-20-82-18-5-7-38-6-4-8-40-52(38)56(81)73(55(40)80)46-9-10-49(75)68-54(46)79/h4,6,8,28-33,36-37,46H,5,7,9-27,34-35H2,1-3H3,(H,63,74)(H,64,76)(H,67,78)(H,68,75,79)/t36-,37+,46?. The number of rotatable bonds is 28. The Kier molecular flexibility index (Phi) is 22.4. The normalized spacial score (nSPS) is 18.4. The minimum atomic E-state index is -5.01. The Balaban J connectivity index is 0.651. The number of anilines is 3.